The molecule has 3 unspecified atom stereocenters. The minimum Gasteiger partial charge on any atom is -0.508 e. The Morgan fingerprint density at radius 3 is 2.31 bits per heavy atom. The number of anilines is 2. The molecule has 7 heterocycles. The van der Waals surface area contributed by atoms with Gasteiger partial charge in [0.25, 0.3) is 0 Å². The number of phenols is 1. The van der Waals surface area contributed by atoms with Crippen LogP contribution in [0.5, 0.6) is 11.8 Å². The highest BCUT2D eigenvalue weighted by molar-refractivity contribution is 6.03. The Hall–Kier alpha value is -5.75. The summed E-state index contributed by atoms with van der Waals surface area (Å²) in [6.45, 7) is 17.9. The number of nitrogens with zero attached hydrogens (tertiary/aromatic N) is 8. The van der Waals surface area contributed by atoms with E-state index in [4.69, 9.17) is 25.4 Å². The molecule has 0 radical (unpaired) electrons. The van der Waals surface area contributed by atoms with E-state index in [0.29, 0.717) is 66.5 Å². The number of hydrogen-bond donors (Lipinski definition) is 1. The lowest BCUT2D eigenvalue weighted by molar-refractivity contribution is 0.0122. The highest BCUT2D eigenvalue weighted by atomic mass is 19.1. The van der Waals surface area contributed by atoms with Crippen molar-refractivity contribution in [2.45, 2.75) is 104 Å². The topological polar surface area (TPSA) is 133 Å². The quantitative estimate of drug-likeness (QED) is 0.134. The number of carbonyl (C=O) groups is 1. The maximum absolute atomic E-state index is 17.2. The molecule has 0 spiro atoms. The Labute approximate surface area is 379 Å². The first-order valence-corrected chi connectivity index (χ1v) is 23.3. The Bertz CT molecular complexity index is 2590. The van der Waals surface area contributed by atoms with E-state index in [1.165, 1.54) is 30.5 Å². The predicted octanol–water partition coefficient (Wildman–Crippen LogP) is 9.15. The number of aromatic hydroxyl groups is 1. The molecule has 9 rings (SSSR count). The lowest BCUT2D eigenvalue weighted by Gasteiger charge is -2.42. The van der Waals surface area contributed by atoms with Crippen LogP contribution in [0.2, 0.25) is 0 Å². The summed E-state index contributed by atoms with van der Waals surface area (Å²) in [6.07, 6.45) is 13.0. The van der Waals surface area contributed by atoms with Gasteiger partial charge in [0.15, 0.2) is 11.6 Å². The summed E-state index contributed by atoms with van der Waals surface area (Å²) in [5.74, 6) is 5.35. The van der Waals surface area contributed by atoms with Crippen LogP contribution in [-0.2, 0) is 4.74 Å². The van der Waals surface area contributed by atoms with E-state index < -0.39 is 17.2 Å². The van der Waals surface area contributed by atoms with Crippen LogP contribution >= 0.6 is 0 Å². The first-order chi connectivity index (χ1) is 31.1. The van der Waals surface area contributed by atoms with E-state index in [9.17, 15) is 9.90 Å². The molecule has 1 N–H and O–H groups in total. The molecule has 65 heavy (non-hydrogen) atoms. The highest BCUT2D eigenvalue weighted by Gasteiger charge is 2.45. The summed E-state index contributed by atoms with van der Waals surface area (Å²) in [7, 11) is 0. The van der Waals surface area contributed by atoms with E-state index >= 15 is 8.78 Å². The minimum atomic E-state index is -0.787. The molecule has 4 fully saturated rings. The molecular weight excluding hydrogens is 831 g/mol. The largest absolute Gasteiger partial charge is 0.508 e. The average molecular weight is 891 g/mol. The van der Waals surface area contributed by atoms with Gasteiger partial charge in [-0.05, 0) is 114 Å². The number of likely N-dealkylation sites (tertiary alicyclic amines) is 1. The molecule has 0 aliphatic carbocycles. The van der Waals surface area contributed by atoms with Gasteiger partial charge in [0.05, 0.1) is 23.0 Å². The number of aromatic nitrogens is 4. The number of terminal acetylenes is 1. The molecule has 344 valence electrons. The lowest BCUT2D eigenvalue weighted by atomic mass is 9.79. The lowest BCUT2D eigenvalue weighted by Crippen LogP contribution is -2.57. The summed E-state index contributed by atoms with van der Waals surface area (Å²) >= 11 is 0. The van der Waals surface area contributed by atoms with Crippen molar-refractivity contribution >= 4 is 39.4 Å². The third kappa shape index (κ3) is 8.98. The van der Waals surface area contributed by atoms with Crippen molar-refractivity contribution in [1.82, 2.24) is 29.9 Å². The number of phenolic OH excluding ortho intramolecular Hbond substituents is 1. The van der Waals surface area contributed by atoms with Crippen LogP contribution in [0.1, 0.15) is 97.3 Å². The van der Waals surface area contributed by atoms with Gasteiger partial charge < -0.3 is 28.9 Å². The van der Waals surface area contributed by atoms with Gasteiger partial charge in [0, 0.05) is 61.9 Å². The molecule has 13 nitrogen and oxygen atoms in total. The van der Waals surface area contributed by atoms with E-state index in [1.54, 1.807) is 0 Å². The van der Waals surface area contributed by atoms with Gasteiger partial charge in [-0.3, -0.25) is 14.8 Å². The Kier molecular flexibility index (Phi) is 12.2. The third-order valence-corrected chi connectivity index (χ3v) is 14.2. The van der Waals surface area contributed by atoms with E-state index in [1.807, 2.05) is 25.7 Å². The number of halogens is 2. The molecule has 3 atom stereocenters. The van der Waals surface area contributed by atoms with Crippen molar-refractivity contribution in [2.75, 3.05) is 62.2 Å². The van der Waals surface area contributed by atoms with Crippen LogP contribution in [0.15, 0.2) is 41.1 Å². The molecule has 4 aliphatic rings. The number of piperazine rings is 1. The molecule has 1 amide bonds. The fourth-order valence-corrected chi connectivity index (χ4v) is 10.4. The van der Waals surface area contributed by atoms with Gasteiger partial charge in [-0.15, -0.1) is 6.42 Å². The molecule has 4 saturated heterocycles. The second kappa shape index (κ2) is 17.9. The van der Waals surface area contributed by atoms with Crippen LogP contribution in [0.4, 0.5) is 25.2 Å². The van der Waals surface area contributed by atoms with Crippen LogP contribution in [0, 0.1) is 41.7 Å². The molecule has 2 bridgehead atoms. The normalized spacial score (nSPS) is 20.5. The van der Waals surface area contributed by atoms with Crippen LogP contribution in [0.25, 0.3) is 32.9 Å². The average Bonchev–Trinajstić information content (AvgIpc) is 3.88. The van der Waals surface area contributed by atoms with Crippen molar-refractivity contribution in [3.8, 4) is 35.4 Å². The molecular formula is C50H60F2N8O5. The zero-order valence-corrected chi connectivity index (χ0v) is 38.3. The van der Waals surface area contributed by atoms with Crippen molar-refractivity contribution in [3.05, 3.63) is 59.5 Å². The molecule has 3 aromatic heterocycles. The van der Waals surface area contributed by atoms with Gasteiger partial charge in [-0.25, -0.2) is 13.6 Å². The summed E-state index contributed by atoms with van der Waals surface area (Å²) in [4.78, 5) is 36.1. The van der Waals surface area contributed by atoms with Crippen molar-refractivity contribution < 1.29 is 32.7 Å². The van der Waals surface area contributed by atoms with E-state index in [2.05, 4.69) is 62.6 Å². The number of amides is 1. The molecule has 5 aromatic rings. The predicted molar refractivity (Wildman–Crippen MR) is 246 cm³/mol. The van der Waals surface area contributed by atoms with Crippen molar-refractivity contribution in [3.63, 3.8) is 0 Å². The summed E-state index contributed by atoms with van der Waals surface area (Å²) in [6, 6.07) is 7.36. The minimum absolute atomic E-state index is 0.0149. The summed E-state index contributed by atoms with van der Waals surface area (Å²) < 4.78 is 50.1. The molecule has 0 saturated carbocycles. The molecule has 2 aromatic carbocycles. The Balaban J connectivity index is 0.921. The van der Waals surface area contributed by atoms with Crippen LogP contribution in [-0.4, -0.2) is 111 Å². The fourth-order valence-electron chi connectivity index (χ4n) is 10.4. The number of ether oxygens (including phenoxy) is 2. The number of pyridine rings is 1. The number of benzene rings is 2. The van der Waals surface area contributed by atoms with E-state index in [-0.39, 0.29) is 57.7 Å². The van der Waals surface area contributed by atoms with Gasteiger partial charge in [0.2, 0.25) is 0 Å². The van der Waals surface area contributed by atoms with Crippen LogP contribution in [0.3, 0.4) is 0 Å². The first kappa shape index (κ1) is 44.5. The fraction of sp³-hybridized carbons (Fsp3) is 0.540. The summed E-state index contributed by atoms with van der Waals surface area (Å²) in [5.41, 5.74) is -0.752. The Morgan fingerprint density at radius 1 is 0.954 bits per heavy atom. The first-order valence-electron chi connectivity index (χ1n) is 23.3. The monoisotopic (exact) mass is 890 g/mol. The Morgan fingerprint density at radius 2 is 1.65 bits per heavy atom. The number of piperidine rings is 2. The van der Waals surface area contributed by atoms with Gasteiger partial charge >= 0.3 is 12.1 Å². The second-order valence-corrected chi connectivity index (χ2v) is 19.8. The standard InChI is InChI=1S/C50H60F2N8O5/c1-8-37-40(51)12-9-33-23-36(61)24-38(43(33)37)45-44(52)46-39(26-53-45)47(59-27-34-10-11-35(28-59)60(34)49(62)64-50(5,6)7)55-48(54-46)63-22-21-57-17-13-31(14-18-57)32-15-19-58(20-16-32)42-25-41(65-56-42)30(4)29(2)3/h1,9,12,23-26,29-32,34-35,61H,10-11,13-22,27-28H2,2-7H3. The number of fused-ring (bicyclic) bond motifs is 4. The number of hydrogen-bond acceptors (Lipinski definition) is 12. The van der Waals surface area contributed by atoms with Gasteiger partial charge in [-0.1, -0.05) is 37.9 Å². The van der Waals surface area contributed by atoms with Gasteiger partial charge in [0.1, 0.15) is 46.6 Å². The number of rotatable bonds is 10. The van der Waals surface area contributed by atoms with Crippen molar-refractivity contribution in [2.24, 2.45) is 17.8 Å². The summed E-state index contributed by atoms with van der Waals surface area (Å²) in [5, 5.41) is 16.2. The smallest absolute Gasteiger partial charge is 0.410 e. The SMILES string of the molecule is C#Cc1c(F)ccc2cc(O)cc(-c3ncc4c(N5CC6CCC(C5)N6C(=O)OC(C)(C)C)nc(OCCN5CCC(C6CCN(c7cc(C(C)C(C)C)on7)CC6)CC5)nc4c3F)c12. The molecule has 15 heteroatoms. The number of carbonyl (C=O) groups excluding carboxylic acids is 1. The van der Waals surface area contributed by atoms with Gasteiger partial charge in [-0.2, -0.15) is 9.97 Å². The highest BCUT2D eigenvalue weighted by Crippen LogP contribution is 2.41. The zero-order chi connectivity index (χ0) is 45.7. The zero-order valence-electron chi connectivity index (χ0n) is 38.3. The van der Waals surface area contributed by atoms with Crippen molar-refractivity contribution in [1.29, 1.82) is 0 Å². The molecule has 4 aliphatic heterocycles. The maximum Gasteiger partial charge on any atom is 0.410 e. The van der Waals surface area contributed by atoms with Crippen LogP contribution < -0.4 is 14.5 Å². The third-order valence-electron chi connectivity index (χ3n) is 14.2. The maximum atomic E-state index is 17.2. The second-order valence-electron chi connectivity index (χ2n) is 19.8. The van der Waals surface area contributed by atoms with E-state index in [0.717, 1.165) is 76.3 Å².